The molecule has 27 heavy (non-hydrogen) atoms. The van der Waals surface area contributed by atoms with E-state index in [0.29, 0.717) is 40.3 Å². The van der Waals surface area contributed by atoms with Crippen molar-refractivity contribution in [3.63, 3.8) is 0 Å². The first-order valence-corrected chi connectivity index (χ1v) is 9.03. The number of nitrogens with zero attached hydrogens (tertiary/aromatic N) is 2. The number of hydrogen-bond acceptors (Lipinski definition) is 3. The number of phenolic OH excluding ortho intramolecular Hbond substituents is 1. The van der Waals surface area contributed by atoms with E-state index in [-0.39, 0.29) is 11.3 Å². The van der Waals surface area contributed by atoms with Gasteiger partial charge >= 0.3 is 0 Å². The number of aromatic nitrogens is 2. The maximum absolute atomic E-state index is 13.2. The summed E-state index contributed by atoms with van der Waals surface area (Å²) in [5.41, 5.74) is 2.04. The fraction of sp³-hybridized carbons (Fsp3) is 0.0909. The third-order valence-corrected chi connectivity index (χ3v) is 4.76. The van der Waals surface area contributed by atoms with Gasteiger partial charge in [0.1, 0.15) is 11.6 Å². The molecule has 0 atom stereocenters. The molecule has 3 aromatic carbocycles. The zero-order valence-electron chi connectivity index (χ0n) is 14.5. The molecule has 0 unspecified atom stereocenters. The number of aromatic hydroxyl groups is 1. The molecule has 1 N–H and O–H groups in total. The van der Waals surface area contributed by atoms with Crippen molar-refractivity contribution in [1.29, 1.82) is 0 Å². The predicted molar refractivity (Wildman–Crippen MR) is 108 cm³/mol. The van der Waals surface area contributed by atoms with E-state index in [1.165, 1.54) is 0 Å². The van der Waals surface area contributed by atoms with Crippen LogP contribution >= 0.6 is 11.6 Å². The molecular formula is C22H17ClN2O2. The second-order valence-electron chi connectivity index (χ2n) is 6.31. The van der Waals surface area contributed by atoms with Crippen molar-refractivity contribution < 1.29 is 5.11 Å². The van der Waals surface area contributed by atoms with Crippen LogP contribution in [0.15, 0.2) is 77.6 Å². The van der Waals surface area contributed by atoms with Gasteiger partial charge in [0.25, 0.3) is 5.56 Å². The largest absolute Gasteiger partial charge is 0.507 e. The Morgan fingerprint density at radius 3 is 2.48 bits per heavy atom. The van der Waals surface area contributed by atoms with Crippen molar-refractivity contribution in [3.05, 3.63) is 93.7 Å². The fourth-order valence-electron chi connectivity index (χ4n) is 3.15. The number of hydrogen-bond donors (Lipinski definition) is 1. The first-order valence-electron chi connectivity index (χ1n) is 8.66. The zero-order chi connectivity index (χ0) is 18.8. The van der Waals surface area contributed by atoms with Crippen molar-refractivity contribution in [2.24, 2.45) is 0 Å². The van der Waals surface area contributed by atoms with E-state index < -0.39 is 0 Å². The van der Waals surface area contributed by atoms with Crippen LogP contribution in [0.25, 0.3) is 22.3 Å². The number of aryl methyl sites for hydroxylation is 1. The monoisotopic (exact) mass is 376 g/mol. The molecule has 1 aromatic heterocycles. The van der Waals surface area contributed by atoms with Gasteiger partial charge in [0.15, 0.2) is 0 Å². The molecule has 0 saturated heterocycles. The van der Waals surface area contributed by atoms with Crippen LogP contribution in [0, 0.1) is 0 Å². The number of phenols is 1. The van der Waals surface area contributed by atoms with Gasteiger partial charge in [0, 0.05) is 11.6 Å². The highest BCUT2D eigenvalue weighted by Gasteiger charge is 2.15. The number of para-hydroxylation sites is 1. The van der Waals surface area contributed by atoms with Gasteiger partial charge in [-0.05, 0) is 42.3 Å². The average Bonchev–Trinajstić information content (AvgIpc) is 2.69. The van der Waals surface area contributed by atoms with E-state index >= 15 is 0 Å². The Labute approximate surface area is 161 Å². The fourth-order valence-corrected chi connectivity index (χ4v) is 3.33. The molecule has 0 bridgehead atoms. The van der Waals surface area contributed by atoms with Crippen LogP contribution in [0.1, 0.15) is 5.56 Å². The van der Waals surface area contributed by atoms with Gasteiger partial charge in [-0.2, -0.15) is 0 Å². The third-order valence-electron chi connectivity index (χ3n) is 4.53. The summed E-state index contributed by atoms with van der Waals surface area (Å²) in [7, 11) is 0. The lowest BCUT2D eigenvalue weighted by Gasteiger charge is -2.15. The van der Waals surface area contributed by atoms with E-state index in [9.17, 15) is 9.90 Å². The summed E-state index contributed by atoms with van der Waals surface area (Å²) in [6.45, 7) is 0.446. The summed E-state index contributed by atoms with van der Waals surface area (Å²) < 4.78 is 1.61. The first-order chi connectivity index (χ1) is 13.1. The minimum Gasteiger partial charge on any atom is -0.507 e. The molecular weight excluding hydrogens is 360 g/mol. The van der Waals surface area contributed by atoms with E-state index in [1.54, 1.807) is 41.0 Å². The number of rotatable bonds is 4. The highest BCUT2D eigenvalue weighted by atomic mass is 35.5. The SMILES string of the molecule is O=c1c2cc(Cl)ccc2nc(-c2ccccc2O)n1CCc1ccccc1. The Kier molecular flexibility index (Phi) is 4.65. The highest BCUT2D eigenvalue weighted by Crippen LogP contribution is 2.28. The molecule has 134 valence electrons. The normalized spacial score (nSPS) is 11.0. The van der Waals surface area contributed by atoms with Gasteiger partial charge in [-0.3, -0.25) is 9.36 Å². The lowest BCUT2D eigenvalue weighted by molar-refractivity contribution is 0.476. The van der Waals surface area contributed by atoms with Crippen LogP contribution in [-0.4, -0.2) is 14.7 Å². The molecule has 0 amide bonds. The van der Waals surface area contributed by atoms with Gasteiger partial charge in [-0.25, -0.2) is 4.98 Å². The van der Waals surface area contributed by atoms with E-state index in [1.807, 2.05) is 36.4 Å². The van der Waals surface area contributed by atoms with Crippen molar-refractivity contribution in [2.45, 2.75) is 13.0 Å². The standard InChI is InChI=1S/C22H17ClN2O2/c23-16-10-11-19-18(14-16)22(27)25(13-12-15-6-2-1-3-7-15)21(24-19)17-8-4-5-9-20(17)26/h1-11,14,26H,12-13H2. The molecule has 0 aliphatic carbocycles. The van der Waals surface area contributed by atoms with Crippen LogP contribution in [0.4, 0.5) is 0 Å². The molecule has 0 aliphatic rings. The number of halogens is 1. The zero-order valence-corrected chi connectivity index (χ0v) is 15.2. The Bertz CT molecular complexity index is 1170. The molecule has 0 fully saturated rings. The Morgan fingerprint density at radius 1 is 0.963 bits per heavy atom. The predicted octanol–water partition coefficient (Wildman–Crippen LogP) is 4.67. The van der Waals surface area contributed by atoms with E-state index in [4.69, 9.17) is 11.6 Å². The van der Waals surface area contributed by atoms with Crippen molar-refractivity contribution >= 4 is 22.5 Å². The Balaban J connectivity index is 1.90. The lowest BCUT2D eigenvalue weighted by atomic mass is 10.1. The second-order valence-corrected chi connectivity index (χ2v) is 6.74. The lowest BCUT2D eigenvalue weighted by Crippen LogP contribution is -2.24. The smallest absolute Gasteiger partial charge is 0.261 e. The number of benzene rings is 3. The van der Waals surface area contributed by atoms with Crippen LogP contribution in [0.5, 0.6) is 5.75 Å². The van der Waals surface area contributed by atoms with Crippen molar-refractivity contribution in [2.75, 3.05) is 0 Å². The molecule has 0 aliphatic heterocycles. The van der Waals surface area contributed by atoms with Gasteiger partial charge in [0.2, 0.25) is 0 Å². The van der Waals surface area contributed by atoms with Gasteiger partial charge < -0.3 is 5.11 Å². The van der Waals surface area contributed by atoms with Crippen LogP contribution in [-0.2, 0) is 13.0 Å². The summed E-state index contributed by atoms with van der Waals surface area (Å²) >= 11 is 6.08. The minimum absolute atomic E-state index is 0.0891. The number of fused-ring (bicyclic) bond motifs is 1. The van der Waals surface area contributed by atoms with Gasteiger partial charge in [0.05, 0.1) is 16.5 Å². The molecule has 0 saturated carbocycles. The quantitative estimate of drug-likeness (QED) is 0.563. The second kappa shape index (κ2) is 7.25. The van der Waals surface area contributed by atoms with Crippen LogP contribution in [0.2, 0.25) is 5.02 Å². The van der Waals surface area contributed by atoms with Crippen LogP contribution < -0.4 is 5.56 Å². The Morgan fingerprint density at radius 2 is 1.70 bits per heavy atom. The van der Waals surface area contributed by atoms with E-state index in [0.717, 1.165) is 5.56 Å². The maximum Gasteiger partial charge on any atom is 0.261 e. The molecule has 4 nitrogen and oxygen atoms in total. The van der Waals surface area contributed by atoms with Crippen LogP contribution in [0.3, 0.4) is 0 Å². The maximum atomic E-state index is 13.2. The molecule has 1 heterocycles. The molecule has 4 aromatic rings. The molecule has 5 heteroatoms. The van der Waals surface area contributed by atoms with Gasteiger partial charge in [-0.1, -0.05) is 54.1 Å². The van der Waals surface area contributed by atoms with Gasteiger partial charge in [-0.15, -0.1) is 0 Å². The summed E-state index contributed by atoms with van der Waals surface area (Å²) in [5, 5.41) is 11.3. The van der Waals surface area contributed by atoms with E-state index in [2.05, 4.69) is 4.98 Å². The first kappa shape index (κ1) is 17.3. The average molecular weight is 377 g/mol. The molecule has 0 radical (unpaired) electrons. The summed E-state index contributed by atoms with van der Waals surface area (Å²) in [6.07, 6.45) is 0.676. The molecule has 4 rings (SSSR count). The highest BCUT2D eigenvalue weighted by molar-refractivity contribution is 6.31. The van der Waals surface area contributed by atoms with Crippen molar-refractivity contribution in [1.82, 2.24) is 9.55 Å². The Hall–Kier alpha value is -3.11. The topological polar surface area (TPSA) is 55.1 Å². The summed E-state index contributed by atoms with van der Waals surface area (Å²) in [4.78, 5) is 17.9. The summed E-state index contributed by atoms with van der Waals surface area (Å²) in [6, 6.07) is 21.9. The minimum atomic E-state index is -0.170. The summed E-state index contributed by atoms with van der Waals surface area (Å²) in [5.74, 6) is 0.537. The molecule has 0 spiro atoms. The van der Waals surface area contributed by atoms with Crippen molar-refractivity contribution in [3.8, 4) is 17.1 Å². The third kappa shape index (κ3) is 3.44.